The van der Waals surface area contributed by atoms with Crippen LogP contribution in [0.25, 0.3) is 0 Å². The molecule has 2 rings (SSSR count). The molecule has 1 aromatic carbocycles. The lowest BCUT2D eigenvalue weighted by molar-refractivity contribution is 0.0600. The van der Waals surface area contributed by atoms with Crippen molar-refractivity contribution < 1.29 is 14.3 Å². The number of methoxy groups -OCH3 is 1. The molecule has 0 fully saturated rings. The van der Waals surface area contributed by atoms with E-state index >= 15 is 0 Å². The Labute approximate surface area is 141 Å². The number of ether oxygens (including phenoxy) is 1. The molecule has 0 radical (unpaired) electrons. The molecule has 0 spiro atoms. The summed E-state index contributed by atoms with van der Waals surface area (Å²) in [6.45, 7) is 5.16. The van der Waals surface area contributed by atoms with Gasteiger partial charge in [0.15, 0.2) is 0 Å². The first kappa shape index (κ1) is 17.5. The molecule has 126 valence electrons. The highest BCUT2D eigenvalue weighted by atomic mass is 16.5. The van der Waals surface area contributed by atoms with Crippen LogP contribution in [0, 0.1) is 0 Å². The molecular weight excluding hydrogens is 306 g/mol. The maximum Gasteiger partial charge on any atom is 0.337 e. The maximum absolute atomic E-state index is 12.3. The van der Waals surface area contributed by atoms with Gasteiger partial charge in [0, 0.05) is 30.7 Å². The second-order valence-electron chi connectivity index (χ2n) is 5.10. The minimum absolute atomic E-state index is 0.0929. The van der Waals surface area contributed by atoms with Crippen LogP contribution in [0.15, 0.2) is 42.6 Å². The fraction of sp³-hybridized carbons (Fsp3) is 0.278. The van der Waals surface area contributed by atoms with E-state index in [0.29, 0.717) is 24.3 Å². The average Bonchev–Trinajstić information content (AvgIpc) is 2.63. The summed E-state index contributed by atoms with van der Waals surface area (Å²) in [5, 5.41) is 3.20. The van der Waals surface area contributed by atoms with Crippen molar-refractivity contribution in [3.8, 4) is 0 Å². The van der Waals surface area contributed by atoms with Crippen LogP contribution >= 0.6 is 0 Å². The molecule has 2 aromatic rings. The zero-order chi connectivity index (χ0) is 17.5. The van der Waals surface area contributed by atoms with Gasteiger partial charge in [0.1, 0.15) is 5.69 Å². The van der Waals surface area contributed by atoms with E-state index in [1.807, 2.05) is 13.8 Å². The molecule has 0 aliphatic heterocycles. The zero-order valence-corrected chi connectivity index (χ0v) is 14.1. The number of esters is 1. The van der Waals surface area contributed by atoms with E-state index in [1.165, 1.54) is 7.11 Å². The van der Waals surface area contributed by atoms with Crippen LogP contribution in [0.3, 0.4) is 0 Å². The summed E-state index contributed by atoms with van der Waals surface area (Å²) in [6, 6.07) is 10.4. The van der Waals surface area contributed by atoms with Crippen LogP contribution in [0.4, 0.5) is 11.4 Å². The summed E-state index contributed by atoms with van der Waals surface area (Å²) >= 11 is 0. The van der Waals surface area contributed by atoms with E-state index in [0.717, 1.165) is 11.4 Å². The molecule has 24 heavy (non-hydrogen) atoms. The van der Waals surface area contributed by atoms with Gasteiger partial charge in [-0.25, -0.2) is 4.79 Å². The van der Waals surface area contributed by atoms with Crippen molar-refractivity contribution in [1.82, 2.24) is 9.88 Å². The Balaban J connectivity index is 2.14. The van der Waals surface area contributed by atoms with Crippen molar-refractivity contribution in [3.63, 3.8) is 0 Å². The number of aromatic nitrogens is 1. The number of carbonyl (C=O) groups is 2. The largest absolute Gasteiger partial charge is 0.465 e. The lowest BCUT2D eigenvalue weighted by Crippen LogP contribution is -2.31. The second kappa shape index (κ2) is 8.10. The number of hydrogen-bond donors (Lipinski definition) is 1. The molecule has 0 saturated heterocycles. The van der Waals surface area contributed by atoms with Gasteiger partial charge in [-0.3, -0.25) is 9.78 Å². The fourth-order valence-corrected chi connectivity index (χ4v) is 2.27. The number of hydrogen-bond acceptors (Lipinski definition) is 5. The fourth-order valence-electron chi connectivity index (χ4n) is 2.27. The summed E-state index contributed by atoms with van der Waals surface area (Å²) in [7, 11) is 1.35. The predicted molar refractivity (Wildman–Crippen MR) is 92.6 cm³/mol. The Bertz CT molecular complexity index is 710. The third kappa shape index (κ3) is 4.10. The molecule has 1 aromatic heterocycles. The van der Waals surface area contributed by atoms with Crippen molar-refractivity contribution in [1.29, 1.82) is 0 Å². The topological polar surface area (TPSA) is 71.5 Å². The summed E-state index contributed by atoms with van der Waals surface area (Å²) in [4.78, 5) is 29.7. The monoisotopic (exact) mass is 327 g/mol. The molecule has 1 N–H and O–H groups in total. The molecule has 0 aliphatic carbocycles. The van der Waals surface area contributed by atoms with Crippen molar-refractivity contribution in [2.75, 3.05) is 25.5 Å². The molecule has 6 heteroatoms. The van der Waals surface area contributed by atoms with Gasteiger partial charge < -0.3 is 15.0 Å². The number of benzene rings is 1. The number of nitrogens with zero attached hydrogens (tertiary/aromatic N) is 2. The molecule has 0 saturated carbocycles. The SMILES string of the molecule is CCN(CC)C(=O)c1cc(Nc2ccc(C(=O)OC)cc2)ccn1. The van der Waals surface area contributed by atoms with Crippen LogP contribution in [0.1, 0.15) is 34.7 Å². The molecule has 6 nitrogen and oxygen atoms in total. The lowest BCUT2D eigenvalue weighted by atomic mass is 10.2. The first-order valence-electron chi connectivity index (χ1n) is 7.79. The van der Waals surface area contributed by atoms with Gasteiger partial charge in [-0.2, -0.15) is 0 Å². The summed E-state index contributed by atoms with van der Waals surface area (Å²) < 4.78 is 4.67. The normalized spacial score (nSPS) is 10.1. The van der Waals surface area contributed by atoms with Crippen molar-refractivity contribution in [3.05, 3.63) is 53.9 Å². The second-order valence-corrected chi connectivity index (χ2v) is 5.10. The highest BCUT2D eigenvalue weighted by molar-refractivity contribution is 5.93. The van der Waals surface area contributed by atoms with E-state index in [2.05, 4.69) is 15.0 Å². The van der Waals surface area contributed by atoms with Crippen LogP contribution in [-0.4, -0.2) is 42.0 Å². The maximum atomic E-state index is 12.3. The molecule has 0 atom stereocenters. The number of anilines is 2. The van der Waals surface area contributed by atoms with Crippen LogP contribution in [0.2, 0.25) is 0 Å². The van der Waals surface area contributed by atoms with Gasteiger partial charge in [-0.1, -0.05) is 0 Å². The smallest absolute Gasteiger partial charge is 0.337 e. The molecule has 0 aliphatic rings. The minimum atomic E-state index is -0.377. The molecule has 0 bridgehead atoms. The average molecular weight is 327 g/mol. The summed E-state index contributed by atoms with van der Waals surface area (Å²) in [5.41, 5.74) is 2.44. The first-order valence-corrected chi connectivity index (χ1v) is 7.79. The quantitative estimate of drug-likeness (QED) is 0.826. The van der Waals surface area contributed by atoms with E-state index in [4.69, 9.17) is 0 Å². The molecular formula is C18H21N3O3. The number of carbonyl (C=O) groups excluding carboxylic acids is 2. The Kier molecular flexibility index (Phi) is 5.89. The Morgan fingerprint density at radius 1 is 1.08 bits per heavy atom. The third-order valence-electron chi connectivity index (χ3n) is 3.62. The molecule has 0 unspecified atom stereocenters. The molecule has 1 heterocycles. The van der Waals surface area contributed by atoms with Gasteiger partial charge in [0.05, 0.1) is 12.7 Å². The van der Waals surface area contributed by atoms with E-state index in [9.17, 15) is 9.59 Å². The third-order valence-corrected chi connectivity index (χ3v) is 3.62. The highest BCUT2D eigenvalue weighted by Gasteiger charge is 2.14. The number of amides is 1. The number of nitrogens with one attached hydrogen (secondary N) is 1. The van der Waals surface area contributed by atoms with Crippen LogP contribution in [0.5, 0.6) is 0 Å². The molecule has 1 amide bonds. The van der Waals surface area contributed by atoms with Crippen LogP contribution < -0.4 is 5.32 Å². The van der Waals surface area contributed by atoms with Crippen LogP contribution in [-0.2, 0) is 4.74 Å². The Hall–Kier alpha value is -2.89. The van der Waals surface area contributed by atoms with Gasteiger partial charge in [0.25, 0.3) is 5.91 Å². The Morgan fingerprint density at radius 2 is 1.75 bits per heavy atom. The van der Waals surface area contributed by atoms with Gasteiger partial charge >= 0.3 is 5.97 Å². The van der Waals surface area contributed by atoms with E-state index in [1.54, 1.807) is 47.5 Å². The van der Waals surface area contributed by atoms with Crippen molar-refractivity contribution >= 4 is 23.3 Å². The summed E-state index contributed by atoms with van der Waals surface area (Å²) in [5.74, 6) is -0.470. The van der Waals surface area contributed by atoms with E-state index < -0.39 is 0 Å². The zero-order valence-electron chi connectivity index (χ0n) is 14.1. The van der Waals surface area contributed by atoms with Gasteiger partial charge in [0.2, 0.25) is 0 Å². The highest BCUT2D eigenvalue weighted by Crippen LogP contribution is 2.18. The minimum Gasteiger partial charge on any atom is -0.465 e. The van der Waals surface area contributed by atoms with Gasteiger partial charge in [-0.15, -0.1) is 0 Å². The van der Waals surface area contributed by atoms with Gasteiger partial charge in [-0.05, 0) is 50.2 Å². The predicted octanol–water partition coefficient (Wildman–Crippen LogP) is 3.09. The Morgan fingerprint density at radius 3 is 2.33 bits per heavy atom. The number of pyridine rings is 1. The van der Waals surface area contributed by atoms with Crippen molar-refractivity contribution in [2.45, 2.75) is 13.8 Å². The lowest BCUT2D eigenvalue weighted by Gasteiger charge is -2.18. The summed E-state index contributed by atoms with van der Waals surface area (Å²) in [6.07, 6.45) is 1.60. The standard InChI is InChI=1S/C18H21N3O3/c1-4-21(5-2)17(22)16-12-15(10-11-19-16)20-14-8-6-13(7-9-14)18(23)24-3/h6-12H,4-5H2,1-3H3,(H,19,20). The number of rotatable bonds is 6. The van der Waals surface area contributed by atoms with E-state index in [-0.39, 0.29) is 11.9 Å². The van der Waals surface area contributed by atoms with Crippen molar-refractivity contribution in [2.24, 2.45) is 0 Å². The first-order chi connectivity index (χ1) is 11.6.